The molecule has 1 saturated heterocycles. The van der Waals surface area contributed by atoms with E-state index in [1.807, 2.05) is 24.3 Å². The van der Waals surface area contributed by atoms with Gasteiger partial charge in [-0.3, -0.25) is 0 Å². The third kappa shape index (κ3) is 2.14. The molecule has 1 aliphatic rings. The maximum Gasteiger partial charge on any atom is 0.0705 e. The molecule has 0 spiro atoms. The fourth-order valence-corrected chi connectivity index (χ4v) is 2.80. The summed E-state index contributed by atoms with van der Waals surface area (Å²) in [5, 5.41) is 5.42. The highest BCUT2D eigenvalue weighted by molar-refractivity contribution is 6.36. The first-order chi connectivity index (χ1) is 8.75. The summed E-state index contributed by atoms with van der Waals surface area (Å²) in [4.78, 5) is 3.37. The molecule has 1 fully saturated rings. The van der Waals surface area contributed by atoms with Crippen molar-refractivity contribution >= 4 is 22.5 Å². The van der Waals surface area contributed by atoms with Gasteiger partial charge in [-0.05, 0) is 19.4 Å². The van der Waals surface area contributed by atoms with Crippen molar-refractivity contribution in [1.82, 2.24) is 10.3 Å². The summed E-state index contributed by atoms with van der Waals surface area (Å²) < 4.78 is 5.54. The second-order valence-corrected chi connectivity index (χ2v) is 5.19. The molecule has 4 heteroatoms. The molecule has 2 unspecified atom stereocenters. The summed E-state index contributed by atoms with van der Waals surface area (Å²) in [5.74, 6) is 0. The molecule has 18 heavy (non-hydrogen) atoms. The van der Waals surface area contributed by atoms with Crippen LogP contribution < -0.4 is 5.32 Å². The summed E-state index contributed by atoms with van der Waals surface area (Å²) in [6.45, 7) is 3.71. The molecule has 1 aromatic carbocycles. The van der Waals surface area contributed by atoms with Crippen molar-refractivity contribution < 1.29 is 4.74 Å². The first-order valence-corrected chi connectivity index (χ1v) is 6.73. The highest BCUT2D eigenvalue weighted by atomic mass is 35.5. The second-order valence-electron chi connectivity index (χ2n) is 4.82. The molecule has 0 bridgehead atoms. The average molecular weight is 265 g/mol. The Labute approximate surface area is 111 Å². The number of aromatic amines is 1. The Morgan fingerprint density at radius 1 is 1.44 bits per heavy atom. The fraction of sp³-hybridized carbons (Fsp3) is 0.429. The lowest BCUT2D eigenvalue weighted by molar-refractivity contribution is 0.113. The highest BCUT2D eigenvalue weighted by Crippen LogP contribution is 2.27. The molecule has 2 heterocycles. The number of H-pyrrole nitrogens is 1. The molecular weight excluding hydrogens is 248 g/mol. The van der Waals surface area contributed by atoms with E-state index in [2.05, 4.69) is 17.2 Å². The van der Waals surface area contributed by atoms with Gasteiger partial charge in [0.1, 0.15) is 0 Å². The fourth-order valence-electron chi connectivity index (χ4n) is 2.52. The van der Waals surface area contributed by atoms with E-state index in [0.29, 0.717) is 6.04 Å². The Balaban J connectivity index is 1.76. The minimum absolute atomic E-state index is 0.285. The van der Waals surface area contributed by atoms with E-state index in [1.165, 1.54) is 0 Å². The molecule has 1 aliphatic heterocycles. The summed E-state index contributed by atoms with van der Waals surface area (Å²) >= 11 is 6.38. The third-order valence-electron chi connectivity index (χ3n) is 3.63. The summed E-state index contributed by atoms with van der Waals surface area (Å²) in [6, 6.07) is 8.53. The Bertz CT molecular complexity index is 552. The van der Waals surface area contributed by atoms with Crippen LogP contribution in [0.25, 0.3) is 10.9 Å². The van der Waals surface area contributed by atoms with Gasteiger partial charge in [-0.1, -0.05) is 29.8 Å². The van der Waals surface area contributed by atoms with Crippen LogP contribution in [-0.2, 0) is 11.3 Å². The quantitative estimate of drug-likeness (QED) is 0.894. The standard InChI is InChI=1S/C14H17ClN2O/c1-9-11(6-7-18-9)16-8-13-14(15)10-4-2-3-5-12(10)17-13/h2-5,9,11,16-17H,6-8H2,1H3. The number of hydrogen-bond donors (Lipinski definition) is 2. The second kappa shape index (κ2) is 4.92. The average Bonchev–Trinajstić information content (AvgIpc) is 2.92. The van der Waals surface area contributed by atoms with Crippen molar-refractivity contribution in [2.24, 2.45) is 0 Å². The van der Waals surface area contributed by atoms with Crippen LogP contribution in [0.15, 0.2) is 24.3 Å². The summed E-state index contributed by atoms with van der Waals surface area (Å²) in [5.41, 5.74) is 2.15. The highest BCUT2D eigenvalue weighted by Gasteiger charge is 2.23. The van der Waals surface area contributed by atoms with Crippen LogP contribution >= 0.6 is 11.6 Å². The van der Waals surface area contributed by atoms with Gasteiger partial charge in [0.15, 0.2) is 0 Å². The van der Waals surface area contributed by atoms with Gasteiger partial charge in [-0.2, -0.15) is 0 Å². The van der Waals surface area contributed by atoms with Crippen molar-refractivity contribution in [3.63, 3.8) is 0 Å². The summed E-state index contributed by atoms with van der Waals surface area (Å²) in [7, 11) is 0. The molecule has 0 aliphatic carbocycles. The first-order valence-electron chi connectivity index (χ1n) is 6.36. The number of fused-ring (bicyclic) bond motifs is 1. The van der Waals surface area contributed by atoms with Gasteiger partial charge >= 0.3 is 0 Å². The lowest BCUT2D eigenvalue weighted by atomic mass is 10.1. The van der Waals surface area contributed by atoms with E-state index in [-0.39, 0.29) is 6.10 Å². The minimum atomic E-state index is 0.285. The zero-order chi connectivity index (χ0) is 12.5. The van der Waals surface area contributed by atoms with Gasteiger partial charge in [0, 0.05) is 35.8 Å². The molecule has 3 nitrogen and oxygen atoms in total. The van der Waals surface area contributed by atoms with Gasteiger partial charge in [0.05, 0.1) is 11.1 Å². The van der Waals surface area contributed by atoms with Crippen LogP contribution in [0.1, 0.15) is 19.0 Å². The minimum Gasteiger partial charge on any atom is -0.377 e. The Hall–Kier alpha value is -1.03. The predicted molar refractivity (Wildman–Crippen MR) is 74.0 cm³/mol. The van der Waals surface area contributed by atoms with Crippen LogP contribution in [0.4, 0.5) is 0 Å². The SMILES string of the molecule is CC1OCCC1NCc1[nH]c2ccccc2c1Cl. The number of halogens is 1. The van der Waals surface area contributed by atoms with Crippen LogP contribution in [0.3, 0.4) is 0 Å². The number of hydrogen-bond acceptors (Lipinski definition) is 2. The Morgan fingerprint density at radius 3 is 3.00 bits per heavy atom. The topological polar surface area (TPSA) is 37.0 Å². The van der Waals surface area contributed by atoms with E-state index in [4.69, 9.17) is 16.3 Å². The van der Waals surface area contributed by atoms with Gasteiger partial charge in [-0.25, -0.2) is 0 Å². The molecule has 0 saturated carbocycles. The molecule has 2 N–H and O–H groups in total. The van der Waals surface area contributed by atoms with E-state index in [0.717, 1.165) is 41.2 Å². The van der Waals surface area contributed by atoms with Crippen LogP contribution in [0, 0.1) is 0 Å². The van der Waals surface area contributed by atoms with Crippen molar-refractivity contribution in [1.29, 1.82) is 0 Å². The number of aromatic nitrogens is 1. The van der Waals surface area contributed by atoms with Crippen molar-refractivity contribution in [3.05, 3.63) is 35.0 Å². The van der Waals surface area contributed by atoms with Gasteiger partial charge in [-0.15, -0.1) is 0 Å². The number of ether oxygens (including phenoxy) is 1. The van der Waals surface area contributed by atoms with Gasteiger partial charge in [0.2, 0.25) is 0 Å². The molecular formula is C14H17ClN2O. The summed E-state index contributed by atoms with van der Waals surface area (Å²) in [6.07, 6.45) is 1.35. The largest absolute Gasteiger partial charge is 0.377 e. The van der Waals surface area contributed by atoms with Crippen LogP contribution in [0.2, 0.25) is 5.02 Å². The number of benzene rings is 1. The molecule has 3 rings (SSSR count). The Kier molecular flexibility index (Phi) is 3.29. The maximum absolute atomic E-state index is 6.38. The van der Waals surface area contributed by atoms with Crippen molar-refractivity contribution in [2.45, 2.75) is 32.0 Å². The smallest absolute Gasteiger partial charge is 0.0705 e. The molecule has 2 atom stereocenters. The van der Waals surface area contributed by atoms with Gasteiger partial charge < -0.3 is 15.0 Å². The normalized spacial score (nSPS) is 23.9. The van der Waals surface area contributed by atoms with Gasteiger partial charge in [0.25, 0.3) is 0 Å². The zero-order valence-corrected chi connectivity index (χ0v) is 11.1. The predicted octanol–water partition coefficient (Wildman–Crippen LogP) is 3.09. The number of nitrogens with one attached hydrogen (secondary N) is 2. The van der Waals surface area contributed by atoms with Crippen molar-refractivity contribution in [2.75, 3.05) is 6.61 Å². The maximum atomic E-state index is 6.38. The molecule has 1 aromatic heterocycles. The molecule has 96 valence electrons. The van der Waals surface area contributed by atoms with E-state index in [1.54, 1.807) is 0 Å². The molecule has 2 aromatic rings. The first kappa shape index (κ1) is 12.0. The van der Waals surface area contributed by atoms with Crippen molar-refractivity contribution in [3.8, 4) is 0 Å². The van der Waals surface area contributed by atoms with E-state index in [9.17, 15) is 0 Å². The zero-order valence-electron chi connectivity index (χ0n) is 10.4. The number of rotatable bonds is 3. The lowest BCUT2D eigenvalue weighted by Crippen LogP contribution is -2.34. The molecule has 0 amide bonds. The van der Waals surface area contributed by atoms with E-state index < -0.39 is 0 Å². The van der Waals surface area contributed by atoms with Crippen LogP contribution in [-0.4, -0.2) is 23.7 Å². The monoisotopic (exact) mass is 264 g/mol. The Morgan fingerprint density at radius 2 is 2.28 bits per heavy atom. The molecule has 0 radical (unpaired) electrons. The third-order valence-corrected chi connectivity index (χ3v) is 4.06. The number of para-hydroxylation sites is 1. The van der Waals surface area contributed by atoms with Crippen LogP contribution in [0.5, 0.6) is 0 Å². The lowest BCUT2D eigenvalue weighted by Gasteiger charge is -2.15. The van der Waals surface area contributed by atoms with E-state index >= 15 is 0 Å².